The molecule has 2 aromatic rings. The highest BCUT2D eigenvalue weighted by atomic mass is 16.3. The van der Waals surface area contributed by atoms with Crippen LogP contribution in [0.5, 0.6) is 0 Å². The summed E-state index contributed by atoms with van der Waals surface area (Å²) in [6, 6.07) is 9.25. The van der Waals surface area contributed by atoms with Crippen LogP contribution >= 0.6 is 0 Å². The van der Waals surface area contributed by atoms with Crippen LogP contribution in [0.1, 0.15) is 18.3 Å². The van der Waals surface area contributed by atoms with Gasteiger partial charge in [-0.05, 0) is 12.5 Å². The van der Waals surface area contributed by atoms with Crippen LogP contribution in [0.4, 0.5) is 0 Å². The summed E-state index contributed by atoms with van der Waals surface area (Å²) in [5.74, 6) is 0.702. The predicted molar refractivity (Wildman–Crippen MR) is 93.8 cm³/mol. The molecule has 1 saturated heterocycles. The molecule has 0 bridgehead atoms. The molecule has 1 aliphatic rings. The molecule has 0 spiro atoms. The lowest BCUT2D eigenvalue weighted by molar-refractivity contribution is -0.156. The van der Waals surface area contributed by atoms with Gasteiger partial charge in [-0.3, -0.25) is 14.4 Å². The summed E-state index contributed by atoms with van der Waals surface area (Å²) in [6.45, 7) is 2.46. The van der Waals surface area contributed by atoms with Gasteiger partial charge in [-0.15, -0.1) is 0 Å². The number of rotatable bonds is 4. The van der Waals surface area contributed by atoms with Crippen molar-refractivity contribution < 1.29 is 19.5 Å². The number of carbonyl (C=O) groups excluding carboxylic acids is 2. The number of carboxylic acid groups (broad SMARTS) is 1. The zero-order valence-electron chi connectivity index (χ0n) is 14.8. The van der Waals surface area contributed by atoms with Crippen LogP contribution in [0, 0.1) is 0 Å². The second kappa shape index (κ2) is 8.80. The summed E-state index contributed by atoms with van der Waals surface area (Å²) in [4.78, 5) is 40.9. The Morgan fingerprint density at radius 3 is 2.46 bits per heavy atom. The molecule has 1 aromatic heterocycles. The van der Waals surface area contributed by atoms with Crippen molar-refractivity contribution in [3.8, 4) is 0 Å². The number of hydrogen-bond donors (Lipinski definition) is 1. The molecule has 1 atom stereocenters. The van der Waals surface area contributed by atoms with Gasteiger partial charge >= 0.3 is 0 Å². The number of aromatic nitrogens is 2. The van der Waals surface area contributed by atoms with Crippen LogP contribution in [-0.4, -0.2) is 55.3 Å². The number of piperazine rings is 1. The number of carbonyl (C=O) groups is 3. The van der Waals surface area contributed by atoms with Crippen LogP contribution < -0.4 is 0 Å². The van der Waals surface area contributed by atoms with Gasteiger partial charge in [0.2, 0.25) is 11.8 Å². The highest BCUT2D eigenvalue weighted by molar-refractivity contribution is 5.94. The fourth-order valence-electron chi connectivity index (χ4n) is 2.81. The molecule has 3 rings (SSSR count). The first-order chi connectivity index (χ1) is 12.5. The lowest BCUT2D eigenvalue weighted by Crippen LogP contribution is -2.58. The molecule has 0 aliphatic carbocycles. The Balaban J connectivity index is 0.000000758. The summed E-state index contributed by atoms with van der Waals surface area (Å²) in [6.07, 6.45) is 3.52. The standard InChI is InChI=1S/C17H20N4O2.CH2O2/c1-13-17(23)20(10-14-6-4-3-5-7-14)12-16(22)21(13)11-15-18-8-9-19(15)2;2-1-3/h3-9,13H,10-12H2,1-2H3;1H,(H,2,3)/t13-;/m0./s1. The van der Waals surface area contributed by atoms with E-state index in [1.165, 1.54) is 0 Å². The third kappa shape index (κ3) is 4.47. The molecule has 8 nitrogen and oxygen atoms in total. The molecular weight excluding hydrogens is 336 g/mol. The minimum Gasteiger partial charge on any atom is -0.483 e. The smallest absolute Gasteiger partial charge is 0.290 e. The van der Waals surface area contributed by atoms with Crippen molar-refractivity contribution >= 4 is 18.3 Å². The third-order valence-corrected chi connectivity index (χ3v) is 4.23. The van der Waals surface area contributed by atoms with E-state index >= 15 is 0 Å². The van der Waals surface area contributed by atoms with E-state index in [1.54, 1.807) is 22.9 Å². The molecule has 2 heterocycles. The van der Waals surface area contributed by atoms with Crippen LogP contribution in [0.15, 0.2) is 42.7 Å². The van der Waals surface area contributed by atoms with Gasteiger partial charge in [0.1, 0.15) is 18.4 Å². The SMILES string of the molecule is C[C@H]1C(=O)N(Cc2ccccc2)CC(=O)N1Cc1nccn1C.O=CO. The van der Waals surface area contributed by atoms with E-state index in [4.69, 9.17) is 9.90 Å². The summed E-state index contributed by atoms with van der Waals surface area (Å²) in [7, 11) is 1.88. The van der Waals surface area contributed by atoms with Gasteiger partial charge in [-0.2, -0.15) is 0 Å². The van der Waals surface area contributed by atoms with E-state index in [9.17, 15) is 9.59 Å². The third-order valence-electron chi connectivity index (χ3n) is 4.23. The summed E-state index contributed by atoms with van der Waals surface area (Å²) in [5, 5.41) is 6.89. The van der Waals surface area contributed by atoms with E-state index in [1.807, 2.05) is 48.1 Å². The summed E-state index contributed by atoms with van der Waals surface area (Å²) < 4.78 is 1.86. The number of aryl methyl sites for hydroxylation is 1. The lowest BCUT2D eigenvalue weighted by atomic mass is 10.1. The van der Waals surface area contributed by atoms with Crippen molar-refractivity contribution in [3.63, 3.8) is 0 Å². The number of benzene rings is 1. The molecule has 26 heavy (non-hydrogen) atoms. The molecule has 1 N–H and O–H groups in total. The van der Waals surface area contributed by atoms with E-state index in [-0.39, 0.29) is 24.8 Å². The highest BCUT2D eigenvalue weighted by Gasteiger charge is 2.36. The normalized spacial score (nSPS) is 16.9. The molecule has 8 heteroatoms. The van der Waals surface area contributed by atoms with E-state index < -0.39 is 6.04 Å². The zero-order chi connectivity index (χ0) is 19.1. The number of hydrogen-bond acceptors (Lipinski definition) is 4. The average molecular weight is 358 g/mol. The van der Waals surface area contributed by atoms with E-state index in [0.717, 1.165) is 11.4 Å². The maximum absolute atomic E-state index is 12.6. The van der Waals surface area contributed by atoms with Crippen LogP contribution in [0.25, 0.3) is 0 Å². The van der Waals surface area contributed by atoms with Crippen LogP contribution in [0.2, 0.25) is 0 Å². The van der Waals surface area contributed by atoms with Crippen molar-refractivity contribution in [2.45, 2.75) is 26.1 Å². The minimum atomic E-state index is -0.475. The molecule has 0 radical (unpaired) electrons. The van der Waals surface area contributed by atoms with Gasteiger partial charge in [0.05, 0.1) is 6.54 Å². The van der Waals surface area contributed by atoms with Gasteiger partial charge in [0, 0.05) is 26.0 Å². The second-order valence-corrected chi connectivity index (χ2v) is 5.94. The molecule has 2 amide bonds. The Kier molecular flexibility index (Phi) is 6.48. The van der Waals surface area contributed by atoms with Crippen molar-refractivity contribution in [1.82, 2.24) is 19.4 Å². The van der Waals surface area contributed by atoms with Crippen molar-refractivity contribution in [1.29, 1.82) is 0 Å². The fraction of sp³-hybridized carbons (Fsp3) is 0.333. The van der Waals surface area contributed by atoms with Crippen LogP contribution in [0.3, 0.4) is 0 Å². The van der Waals surface area contributed by atoms with Crippen molar-refractivity contribution in [2.24, 2.45) is 7.05 Å². The largest absolute Gasteiger partial charge is 0.483 e. The number of amides is 2. The van der Waals surface area contributed by atoms with E-state index in [0.29, 0.717) is 13.1 Å². The number of imidazole rings is 1. The Morgan fingerprint density at radius 2 is 1.88 bits per heavy atom. The molecule has 1 aromatic carbocycles. The molecular formula is C18H22N4O4. The van der Waals surface area contributed by atoms with Gasteiger partial charge in [0.15, 0.2) is 0 Å². The Morgan fingerprint density at radius 1 is 1.23 bits per heavy atom. The molecule has 0 unspecified atom stereocenters. The van der Waals surface area contributed by atoms with Gasteiger partial charge in [-0.1, -0.05) is 30.3 Å². The summed E-state index contributed by atoms with van der Waals surface area (Å²) >= 11 is 0. The second-order valence-electron chi connectivity index (χ2n) is 5.94. The van der Waals surface area contributed by atoms with Gasteiger partial charge in [0.25, 0.3) is 6.47 Å². The fourth-order valence-corrected chi connectivity index (χ4v) is 2.81. The minimum absolute atomic E-state index is 0.0253. The van der Waals surface area contributed by atoms with Crippen LogP contribution in [-0.2, 0) is 34.5 Å². The Hall–Kier alpha value is -3.16. The molecule has 138 valence electrons. The maximum Gasteiger partial charge on any atom is 0.290 e. The first-order valence-electron chi connectivity index (χ1n) is 8.14. The first-order valence-corrected chi connectivity index (χ1v) is 8.14. The van der Waals surface area contributed by atoms with Crippen molar-refractivity contribution in [2.75, 3.05) is 6.54 Å². The molecule has 1 aliphatic heterocycles. The predicted octanol–water partition coefficient (Wildman–Crippen LogP) is 0.880. The Bertz CT molecular complexity index is 760. The molecule has 0 saturated carbocycles. The van der Waals surface area contributed by atoms with Crippen molar-refractivity contribution in [3.05, 3.63) is 54.1 Å². The lowest BCUT2D eigenvalue weighted by Gasteiger charge is -2.38. The number of nitrogens with zero attached hydrogens (tertiary/aromatic N) is 4. The quantitative estimate of drug-likeness (QED) is 0.819. The highest BCUT2D eigenvalue weighted by Crippen LogP contribution is 2.17. The topological polar surface area (TPSA) is 95.7 Å². The average Bonchev–Trinajstić information content (AvgIpc) is 3.03. The monoisotopic (exact) mass is 358 g/mol. The summed E-state index contributed by atoms with van der Waals surface area (Å²) in [5.41, 5.74) is 1.03. The van der Waals surface area contributed by atoms with Gasteiger partial charge < -0.3 is 19.5 Å². The van der Waals surface area contributed by atoms with E-state index in [2.05, 4.69) is 4.98 Å². The zero-order valence-corrected chi connectivity index (χ0v) is 14.8. The van der Waals surface area contributed by atoms with Gasteiger partial charge in [-0.25, -0.2) is 4.98 Å². The first kappa shape index (κ1) is 19.2. The Labute approximate surface area is 151 Å². The maximum atomic E-state index is 12.6. The molecule has 1 fully saturated rings.